The molecule has 0 saturated heterocycles. The fourth-order valence-electron chi connectivity index (χ4n) is 1.31. The van der Waals surface area contributed by atoms with Gasteiger partial charge in [-0.15, -0.1) is 0 Å². The molecule has 0 aliphatic carbocycles. The van der Waals surface area contributed by atoms with Gasteiger partial charge < -0.3 is 15.2 Å². The van der Waals surface area contributed by atoms with E-state index in [1.807, 2.05) is 0 Å². The topological polar surface area (TPSA) is 61.5 Å². The highest BCUT2D eigenvalue weighted by molar-refractivity contribution is 6.02. The molecule has 1 aromatic carbocycles. The molecule has 0 radical (unpaired) electrons. The van der Waals surface area contributed by atoms with Crippen molar-refractivity contribution in [2.45, 2.75) is 6.92 Å². The monoisotopic (exact) mass is 195 g/mol. The predicted molar refractivity (Wildman–Crippen MR) is 54.0 cm³/mol. The Balaban J connectivity index is 3.42. The van der Waals surface area contributed by atoms with Gasteiger partial charge in [0.05, 0.1) is 19.8 Å². The largest absolute Gasteiger partial charge is 0.493 e. The second-order valence-electron chi connectivity index (χ2n) is 2.82. The van der Waals surface area contributed by atoms with Crippen LogP contribution in [0.4, 0.5) is 5.69 Å². The number of rotatable bonds is 3. The van der Waals surface area contributed by atoms with Crippen molar-refractivity contribution < 1.29 is 14.3 Å². The van der Waals surface area contributed by atoms with Crippen LogP contribution >= 0.6 is 0 Å². The molecule has 1 aromatic rings. The molecule has 0 atom stereocenters. The van der Waals surface area contributed by atoms with Gasteiger partial charge in [-0.3, -0.25) is 4.79 Å². The van der Waals surface area contributed by atoms with Crippen LogP contribution in [0.15, 0.2) is 12.1 Å². The van der Waals surface area contributed by atoms with Gasteiger partial charge in [-0.25, -0.2) is 0 Å². The van der Waals surface area contributed by atoms with Crippen LogP contribution in [0.3, 0.4) is 0 Å². The Morgan fingerprint density at radius 3 is 2.36 bits per heavy atom. The predicted octanol–water partition coefficient (Wildman–Crippen LogP) is 1.49. The third-order valence-corrected chi connectivity index (χ3v) is 1.93. The van der Waals surface area contributed by atoms with Gasteiger partial charge >= 0.3 is 0 Å². The number of ketones is 1. The van der Waals surface area contributed by atoms with Gasteiger partial charge in [-0.05, 0) is 19.1 Å². The van der Waals surface area contributed by atoms with Gasteiger partial charge in [-0.2, -0.15) is 0 Å². The van der Waals surface area contributed by atoms with Crippen LogP contribution < -0.4 is 15.2 Å². The van der Waals surface area contributed by atoms with Crippen molar-refractivity contribution in [1.82, 2.24) is 0 Å². The summed E-state index contributed by atoms with van der Waals surface area (Å²) in [5.74, 6) is 0.755. The maximum Gasteiger partial charge on any atom is 0.173 e. The van der Waals surface area contributed by atoms with E-state index >= 15 is 0 Å². The molecule has 0 aromatic heterocycles. The van der Waals surface area contributed by atoms with Crippen LogP contribution in [0.2, 0.25) is 0 Å². The zero-order valence-corrected chi connectivity index (χ0v) is 8.46. The van der Waals surface area contributed by atoms with Crippen LogP contribution in [0.1, 0.15) is 17.3 Å². The van der Waals surface area contributed by atoms with Crippen molar-refractivity contribution >= 4 is 11.5 Å². The minimum Gasteiger partial charge on any atom is -0.493 e. The number of carbonyl (C=O) groups excluding carboxylic acids is 1. The molecule has 0 bridgehead atoms. The smallest absolute Gasteiger partial charge is 0.173 e. The summed E-state index contributed by atoms with van der Waals surface area (Å²) in [5.41, 5.74) is 6.43. The maximum atomic E-state index is 11.3. The SMILES string of the molecule is COc1ccc(N)c(C(C)=O)c1OC. The zero-order valence-electron chi connectivity index (χ0n) is 8.46. The molecule has 0 spiro atoms. The fourth-order valence-corrected chi connectivity index (χ4v) is 1.31. The van der Waals surface area contributed by atoms with Crippen molar-refractivity contribution in [3.63, 3.8) is 0 Å². The summed E-state index contributed by atoms with van der Waals surface area (Å²) < 4.78 is 10.1. The van der Waals surface area contributed by atoms with Gasteiger partial charge in [-0.1, -0.05) is 0 Å². The molecule has 0 heterocycles. The van der Waals surface area contributed by atoms with Crippen LogP contribution in [0.25, 0.3) is 0 Å². The summed E-state index contributed by atoms with van der Waals surface area (Å²) in [6, 6.07) is 3.29. The summed E-state index contributed by atoms with van der Waals surface area (Å²) in [6.07, 6.45) is 0. The van der Waals surface area contributed by atoms with Gasteiger partial charge in [0.1, 0.15) is 0 Å². The third kappa shape index (κ3) is 1.64. The molecule has 0 unspecified atom stereocenters. The van der Waals surface area contributed by atoms with Crippen LogP contribution in [-0.4, -0.2) is 20.0 Å². The lowest BCUT2D eigenvalue weighted by molar-refractivity contribution is 0.101. The van der Waals surface area contributed by atoms with Gasteiger partial charge in [0.15, 0.2) is 17.3 Å². The first-order chi connectivity index (χ1) is 6.61. The minimum absolute atomic E-state index is 0.141. The molecule has 4 heteroatoms. The van der Waals surface area contributed by atoms with Crippen LogP contribution in [-0.2, 0) is 0 Å². The highest BCUT2D eigenvalue weighted by Gasteiger charge is 2.16. The highest BCUT2D eigenvalue weighted by Crippen LogP contribution is 2.34. The van der Waals surface area contributed by atoms with Crippen molar-refractivity contribution in [1.29, 1.82) is 0 Å². The minimum atomic E-state index is -0.141. The first-order valence-corrected chi connectivity index (χ1v) is 4.13. The van der Waals surface area contributed by atoms with E-state index in [0.717, 1.165) is 0 Å². The van der Waals surface area contributed by atoms with Gasteiger partial charge in [0.25, 0.3) is 0 Å². The Labute approximate surface area is 82.6 Å². The molecule has 0 aliphatic heterocycles. The average molecular weight is 195 g/mol. The van der Waals surface area contributed by atoms with E-state index in [-0.39, 0.29) is 5.78 Å². The molecular weight excluding hydrogens is 182 g/mol. The molecule has 0 amide bonds. The Bertz CT molecular complexity index is 361. The summed E-state index contributed by atoms with van der Waals surface area (Å²) in [7, 11) is 2.99. The molecule has 76 valence electrons. The van der Waals surface area contributed by atoms with E-state index in [0.29, 0.717) is 22.7 Å². The van der Waals surface area contributed by atoms with Crippen molar-refractivity contribution in [3.8, 4) is 11.5 Å². The number of nitrogens with two attached hydrogens (primary N) is 1. The molecule has 14 heavy (non-hydrogen) atoms. The van der Waals surface area contributed by atoms with Gasteiger partial charge in [0.2, 0.25) is 0 Å². The number of methoxy groups -OCH3 is 2. The summed E-state index contributed by atoms with van der Waals surface area (Å²) in [5, 5.41) is 0. The van der Waals surface area contributed by atoms with E-state index in [9.17, 15) is 4.79 Å². The van der Waals surface area contributed by atoms with Crippen molar-refractivity contribution in [2.75, 3.05) is 20.0 Å². The van der Waals surface area contributed by atoms with Crippen molar-refractivity contribution in [3.05, 3.63) is 17.7 Å². The molecule has 2 N–H and O–H groups in total. The Morgan fingerprint density at radius 1 is 1.29 bits per heavy atom. The third-order valence-electron chi connectivity index (χ3n) is 1.93. The van der Waals surface area contributed by atoms with E-state index in [1.165, 1.54) is 21.1 Å². The molecule has 1 rings (SSSR count). The molecule has 4 nitrogen and oxygen atoms in total. The summed E-state index contributed by atoms with van der Waals surface area (Å²) in [6.45, 7) is 1.44. The Hall–Kier alpha value is -1.71. The number of benzene rings is 1. The zero-order chi connectivity index (χ0) is 10.7. The average Bonchev–Trinajstić information content (AvgIpc) is 2.16. The molecule has 0 fully saturated rings. The van der Waals surface area contributed by atoms with E-state index < -0.39 is 0 Å². The van der Waals surface area contributed by atoms with E-state index in [1.54, 1.807) is 12.1 Å². The number of hydrogen-bond acceptors (Lipinski definition) is 4. The molecule has 0 aliphatic rings. The lowest BCUT2D eigenvalue weighted by Gasteiger charge is -2.12. The Kier molecular flexibility index (Phi) is 2.96. The summed E-state index contributed by atoms with van der Waals surface area (Å²) >= 11 is 0. The number of ether oxygens (including phenoxy) is 2. The second-order valence-corrected chi connectivity index (χ2v) is 2.82. The van der Waals surface area contributed by atoms with Gasteiger partial charge in [0, 0.05) is 5.69 Å². The number of Topliss-reactive ketones (excluding diaryl/α,β-unsaturated/α-hetero) is 1. The van der Waals surface area contributed by atoms with E-state index in [4.69, 9.17) is 15.2 Å². The lowest BCUT2D eigenvalue weighted by atomic mass is 10.1. The van der Waals surface area contributed by atoms with Crippen LogP contribution in [0, 0.1) is 0 Å². The molecular formula is C10H13NO3. The number of carbonyl (C=O) groups is 1. The number of nitrogen functional groups attached to an aromatic ring is 1. The van der Waals surface area contributed by atoms with E-state index in [2.05, 4.69) is 0 Å². The number of hydrogen-bond donors (Lipinski definition) is 1. The Morgan fingerprint density at radius 2 is 1.93 bits per heavy atom. The van der Waals surface area contributed by atoms with Crippen molar-refractivity contribution in [2.24, 2.45) is 0 Å². The lowest BCUT2D eigenvalue weighted by Crippen LogP contribution is -2.04. The standard InChI is InChI=1S/C10H13NO3/c1-6(12)9-7(11)4-5-8(13-2)10(9)14-3/h4-5H,11H2,1-3H3. The number of anilines is 1. The van der Waals surface area contributed by atoms with Crippen LogP contribution in [0.5, 0.6) is 11.5 Å². The highest BCUT2D eigenvalue weighted by atomic mass is 16.5. The fraction of sp³-hybridized carbons (Fsp3) is 0.300. The summed E-state index contributed by atoms with van der Waals surface area (Å²) in [4.78, 5) is 11.3. The molecule has 0 saturated carbocycles. The quantitative estimate of drug-likeness (QED) is 0.586. The maximum absolute atomic E-state index is 11.3. The normalized spacial score (nSPS) is 9.64. The first kappa shape index (κ1) is 10.4. The second kappa shape index (κ2) is 4.00. The first-order valence-electron chi connectivity index (χ1n) is 4.13.